The van der Waals surface area contributed by atoms with Crippen LogP contribution in [0.5, 0.6) is 0 Å². The van der Waals surface area contributed by atoms with E-state index in [4.69, 9.17) is 16.6 Å². The fourth-order valence-electron chi connectivity index (χ4n) is 4.13. The number of thiophene rings is 1. The number of aromatic nitrogens is 2. The third-order valence-corrected chi connectivity index (χ3v) is 8.17. The number of carbonyl (C=O) groups excluding carboxylic acids is 1. The molecule has 8 heteroatoms. The van der Waals surface area contributed by atoms with Gasteiger partial charge in [0.15, 0.2) is 5.16 Å². The summed E-state index contributed by atoms with van der Waals surface area (Å²) in [5.41, 5.74) is 3.54. The van der Waals surface area contributed by atoms with Crippen molar-refractivity contribution in [1.29, 1.82) is 0 Å². The fourth-order valence-corrected chi connectivity index (χ4v) is 6.37. The lowest BCUT2D eigenvalue weighted by Crippen LogP contribution is -2.23. The number of amides is 1. The van der Waals surface area contributed by atoms with Crippen LogP contribution in [-0.4, -0.2) is 21.2 Å². The number of para-hydroxylation sites is 1. The summed E-state index contributed by atoms with van der Waals surface area (Å²) in [4.78, 5) is 33.3. The minimum absolute atomic E-state index is 0.0801. The number of benzene rings is 2. The van der Waals surface area contributed by atoms with Crippen molar-refractivity contribution in [3.05, 3.63) is 79.9 Å². The first-order chi connectivity index (χ1) is 16.0. The number of nitrogens with zero attached hydrogens (tertiary/aromatic N) is 2. The largest absolute Gasteiger partial charge is 0.325 e. The highest BCUT2D eigenvalue weighted by molar-refractivity contribution is 7.99. The third kappa shape index (κ3) is 4.45. The van der Waals surface area contributed by atoms with Crippen LogP contribution in [0.2, 0.25) is 5.02 Å². The number of rotatable bonds is 5. The molecule has 1 aliphatic carbocycles. The van der Waals surface area contributed by atoms with Crippen LogP contribution in [-0.2, 0) is 17.6 Å². The van der Waals surface area contributed by atoms with Gasteiger partial charge in [-0.25, -0.2) is 4.98 Å². The fraction of sp³-hybridized carbons (Fsp3) is 0.240. The molecule has 2 heterocycles. The van der Waals surface area contributed by atoms with Gasteiger partial charge in [-0.15, -0.1) is 11.3 Å². The van der Waals surface area contributed by atoms with Gasteiger partial charge in [-0.05, 0) is 74.1 Å². The average molecular weight is 496 g/mol. The van der Waals surface area contributed by atoms with Gasteiger partial charge in [-0.2, -0.15) is 0 Å². The van der Waals surface area contributed by atoms with Gasteiger partial charge in [0, 0.05) is 15.6 Å². The number of halogens is 1. The van der Waals surface area contributed by atoms with E-state index in [9.17, 15) is 9.59 Å². The zero-order valence-electron chi connectivity index (χ0n) is 18.1. The topological polar surface area (TPSA) is 64.0 Å². The van der Waals surface area contributed by atoms with E-state index in [0.29, 0.717) is 15.9 Å². The second-order valence-electron chi connectivity index (χ2n) is 8.05. The number of anilines is 1. The summed E-state index contributed by atoms with van der Waals surface area (Å²) in [5, 5.41) is 4.78. The molecule has 0 radical (unpaired) electrons. The number of hydrogen-bond donors (Lipinski definition) is 1. The quantitative estimate of drug-likeness (QED) is 0.271. The Morgan fingerprint density at radius 3 is 2.70 bits per heavy atom. The lowest BCUT2D eigenvalue weighted by Gasteiger charge is -2.14. The Morgan fingerprint density at radius 1 is 1.15 bits per heavy atom. The molecule has 0 saturated carbocycles. The molecular formula is C25H22ClN3O2S2. The maximum absolute atomic E-state index is 13.7. The maximum atomic E-state index is 13.7. The highest BCUT2D eigenvalue weighted by Gasteiger charge is 2.23. The summed E-state index contributed by atoms with van der Waals surface area (Å²) in [7, 11) is 0. The van der Waals surface area contributed by atoms with Crippen molar-refractivity contribution in [2.45, 2.75) is 37.8 Å². The second kappa shape index (κ2) is 9.33. The van der Waals surface area contributed by atoms with Gasteiger partial charge >= 0.3 is 0 Å². The van der Waals surface area contributed by atoms with E-state index in [1.165, 1.54) is 16.6 Å². The van der Waals surface area contributed by atoms with Gasteiger partial charge in [-0.1, -0.05) is 41.6 Å². The van der Waals surface area contributed by atoms with Crippen LogP contribution in [0.25, 0.3) is 15.9 Å². The molecule has 168 valence electrons. The van der Waals surface area contributed by atoms with E-state index < -0.39 is 0 Å². The number of carbonyl (C=O) groups is 1. The van der Waals surface area contributed by atoms with Gasteiger partial charge in [0.25, 0.3) is 5.56 Å². The van der Waals surface area contributed by atoms with E-state index in [-0.39, 0.29) is 17.2 Å². The van der Waals surface area contributed by atoms with Gasteiger partial charge in [-0.3, -0.25) is 14.2 Å². The van der Waals surface area contributed by atoms with E-state index in [1.807, 2.05) is 43.3 Å². The maximum Gasteiger partial charge on any atom is 0.267 e. The lowest BCUT2D eigenvalue weighted by atomic mass is 9.97. The zero-order chi connectivity index (χ0) is 22.9. The van der Waals surface area contributed by atoms with Gasteiger partial charge in [0.1, 0.15) is 4.83 Å². The summed E-state index contributed by atoms with van der Waals surface area (Å²) >= 11 is 8.97. The SMILES string of the molecule is Cc1ccccc1NC(=O)CSc1nc2sc3c(c2c(=O)n1-c1ccc(Cl)cc1)CCCC3. The van der Waals surface area contributed by atoms with E-state index in [1.54, 1.807) is 28.0 Å². The predicted molar refractivity (Wildman–Crippen MR) is 137 cm³/mol. The summed E-state index contributed by atoms with van der Waals surface area (Å²) in [5.74, 6) is 0.00194. The number of nitrogens with one attached hydrogen (secondary N) is 1. The van der Waals surface area contributed by atoms with Crippen molar-refractivity contribution >= 4 is 56.5 Å². The molecule has 0 saturated heterocycles. The Morgan fingerprint density at radius 2 is 1.91 bits per heavy atom. The Labute approximate surface area is 204 Å². The van der Waals surface area contributed by atoms with Gasteiger partial charge in [0.2, 0.25) is 5.91 Å². The van der Waals surface area contributed by atoms with Crippen LogP contribution in [0.3, 0.4) is 0 Å². The molecule has 1 amide bonds. The van der Waals surface area contributed by atoms with Crippen molar-refractivity contribution in [2.24, 2.45) is 0 Å². The molecule has 0 spiro atoms. The molecule has 5 nitrogen and oxygen atoms in total. The summed E-state index contributed by atoms with van der Waals surface area (Å²) < 4.78 is 1.62. The molecule has 0 atom stereocenters. The molecule has 1 N–H and O–H groups in total. The summed E-state index contributed by atoms with van der Waals surface area (Å²) in [6.07, 6.45) is 4.15. The molecule has 0 fully saturated rings. The van der Waals surface area contributed by atoms with Crippen molar-refractivity contribution < 1.29 is 4.79 Å². The lowest BCUT2D eigenvalue weighted by molar-refractivity contribution is -0.113. The second-order valence-corrected chi connectivity index (χ2v) is 10.5. The van der Waals surface area contributed by atoms with Crippen molar-refractivity contribution in [3.8, 4) is 5.69 Å². The summed E-state index contributed by atoms with van der Waals surface area (Å²) in [6.45, 7) is 1.95. The third-order valence-electron chi connectivity index (χ3n) is 5.79. The molecule has 0 bridgehead atoms. The molecule has 33 heavy (non-hydrogen) atoms. The minimum Gasteiger partial charge on any atom is -0.325 e. The van der Waals surface area contributed by atoms with E-state index in [2.05, 4.69) is 5.32 Å². The summed E-state index contributed by atoms with van der Waals surface area (Å²) in [6, 6.07) is 14.8. The first kappa shape index (κ1) is 22.2. The van der Waals surface area contributed by atoms with Gasteiger partial charge in [0.05, 0.1) is 16.8 Å². The average Bonchev–Trinajstić information content (AvgIpc) is 3.19. The number of thioether (sulfide) groups is 1. The molecule has 5 rings (SSSR count). The van der Waals surface area contributed by atoms with Crippen LogP contribution >= 0.6 is 34.7 Å². The molecular weight excluding hydrogens is 474 g/mol. The molecule has 2 aromatic heterocycles. The van der Waals surface area contributed by atoms with Crippen LogP contribution in [0.4, 0.5) is 5.69 Å². The van der Waals surface area contributed by atoms with Crippen LogP contribution in [0, 0.1) is 6.92 Å². The molecule has 4 aromatic rings. The Bertz CT molecular complexity index is 1410. The van der Waals surface area contributed by atoms with E-state index in [0.717, 1.165) is 52.7 Å². The molecule has 2 aromatic carbocycles. The van der Waals surface area contributed by atoms with Crippen molar-refractivity contribution in [3.63, 3.8) is 0 Å². The smallest absolute Gasteiger partial charge is 0.267 e. The minimum atomic E-state index is -0.142. The first-order valence-electron chi connectivity index (χ1n) is 10.8. The highest BCUT2D eigenvalue weighted by Crippen LogP contribution is 2.35. The molecule has 0 aliphatic heterocycles. The number of fused-ring (bicyclic) bond motifs is 3. The molecule has 0 unspecified atom stereocenters. The molecule has 1 aliphatic rings. The van der Waals surface area contributed by atoms with Crippen LogP contribution in [0.1, 0.15) is 28.8 Å². The monoisotopic (exact) mass is 495 g/mol. The van der Waals surface area contributed by atoms with Crippen LogP contribution in [0.15, 0.2) is 58.5 Å². The van der Waals surface area contributed by atoms with E-state index >= 15 is 0 Å². The Balaban J connectivity index is 1.53. The zero-order valence-corrected chi connectivity index (χ0v) is 20.4. The first-order valence-corrected chi connectivity index (χ1v) is 13.0. The predicted octanol–water partition coefficient (Wildman–Crippen LogP) is 6.02. The number of hydrogen-bond acceptors (Lipinski definition) is 5. The normalized spacial score (nSPS) is 13.2. The highest BCUT2D eigenvalue weighted by atomic mass is 35.5. The Kier molecular flexibility index (Phi) is 6.27. The Hall–Kier alpha value is -2.61. The van der Waals surface area contributed by atoms with Gasteiger partial charge < -0.3 is 5.32 Å². The van der Waals surface area contributed by atoms with Crippen LogP contribution < -0.4 is 10.9 Å². The number of aryl methyl sites for hydroxylation is 3. The van der Waals surface area contributed by atoms with Crippen molar-refractivity contribution in [2.75, 3.05) is 11.1 Å². The van der Waals surface area contributed by atoms with Crippen molar-refractivity contribution in [1.82, 2.24) is 9.55 Å². The standard InChI is InChI=1S/C25H22ClN3O2S2/c1-15-6-2-4-8-19(15)27-21(30)14-32-25-28-23-22(18-7-3-5-9-20(18)33-23)24(31)29(25)17-12-10-16(26)11-13-17/h2,4,6,8,10-13H,3,5,7,9,14H2,1H3,(H,27,30).